The van der Waals surface area contributed by atoms with Gasteiger partial charge in [-0.15, -0.1) is 11.3 Å². The van der Waals surface area contributed by atoms with Gasteiger partial charge in [0.15, 0.2) is 0 Å². The molecule has 112 valence electrons. The predicted octanol–water partition coefficient (Wildman–Crippen LogP) is 5.48. The molecule has 0 saturated heterocycles. The number of anilines is 1. The molecule has 2 N–H and O–H groups in total. The number of ether oxygens (including phenoxy) is 1. The molecule has 2 aromatic rings. The Kier molecular flexibility index (Phi) is 9.25. The molecule has 0 unspecified atom stereocenters. The number of hydrogen-bond acceptors (Lipinski definition) is 4. The molecule has 0 aliphatic heterocycles. The standard InChI is InChI=1S/C11H10BrNO2S.2C2H6/c1-2-15-11(14)9-7-4-3-6(12)5-8(7)16-10(9)13;2*1-2/h3-5H,2,13H2,1H3;2*1-2H3. The number of carbonyl (C=O) groups excluding carboxylic acids is 1. The van der Waals surface area contributed by atoms with Crippen LogP contribution in [0, 0.1) is 0 Å². The summed E-state index contributed by atoms with van der Waals surface area (Å²) >= 11 is 4.78. The van der Waals surface area contributed by atoms with Crippen LogP contribution in [0.2, 0.25) is 0 Å². The molecule has 0 fully saturated rings. The number of carbonyl (C=O) groups is 1. The molecule has 0 aliphatic rings. The van der Waals surface area contributed by atoms with Crippen molar-refractivity contribution in [2.45, 2.75) is 34.6 Å². The summed E-state index contributed by atoms with van der Waals surface area (Å²) in [6.07, 6.45) is 0. The minimum absolute atomic E-state index is 0.353. The van der Waals surface area contributed by atoms with Crippen LogP contribution in [0.5, 0.6) is 0 Å². The Morgan fingerprint density at radius 1 is 1.30 bits per heavy atom. The summed E-state index contributed by atoms with van der Waals surface area (Å²) in [6, 6.07) is 5.70. The molecule has 1 aromatic carbocycles. The first-order valence-corrected chi connectivity index (χ1v) is 8.39. The Labute approximate surface area is 133 Å². The lowest BCUT2D eigenvalue weighted by Gasteiger charge is -2.01. The van der Waals surface area contributed by atoms with E-state index in [1.807, 2.05) is 45.9 Å². The number of hydrogen-bond donors (Lipinski definition) is 1. The van der Waals surface area contributed by atoms with Gasteiger partial charge >= 0.3 is 5.97 Å². The van der Waals surface area contributed by atoms with Crippen molar-refractivity contribution in [2.75, 3.05) is 12.3 Å². The van der Waals surface area contributed by atoms with Crippen molar-refractivity contribution < 1.29 is 9.53 Å². The second-order valence-corrected chi connectivity index (χ2v) is 5.20. The largest absolute Gasteiger partial charge is 0.462 e. The maximum atomic E-state index is 11.7. The third-order valence-corrected chi connectivity index (χ3v) is 3.63. The van der Waals surface area contributed by atoms with Gasteiger partial charge in [0.25, 0.3) is 0 Å². The van der Waals surface area contributed by atoms with Crippen molar-refractivity contribution in [3.8, 4) is 0 Å². The zero-order valence-electron chi connectivity index (χ0n) is 12.6. The number of halogens is 1. The molecule has 0 saturated carbocycles. The lowest BCUT2D eigenvalue weighted by atomic mass is 10.1. The number of benzene rings is 1. The Morgan fingerprint density at radius 2 is 1.90 bits per heavy atom. The molecule has 2 rings (SSSR count). The van der Waals surface area contributed by atoms with E-state index in [0.717, 1.165) is 14.6 Å². The zero-order valence-corrected chi connectivity index (χ0v) is 15.0. The van der Waals surface area contributed by atoms with Crippen LogP contribution in [0.25, 0.3) is 10.1 Å². The van der Waals surface area contributed by atoms with Gasteiger partial charge in [-0.25, -0.2) is 4.79 Å². The maximum Gasteiger partial charge on any atom is 0.341 e. The molecule has 1 heterocycles. The molecule has 0 spiro atoms. The van der Waals surface area contributed by atoms with Gasteiger partial charge < -0.3 is 10.5 Å². The fraction of sp³-hybridized carbons (Fsp3) is 0.400. The zero-order chi connectivity index (χ0) is 15.7. The van der Waals surface area contributed by atoms with Gasteiger partial charge in [-0.2, -0.15) is 0 Å². The van der Waals surface area contributed by atoms with E-state index >= 15 is 0 Å². The van der Waals surface area contributed by atoms with Crippen molar-refractivity contribution in [1.82, 2.24) is 0 Å². The molecule has 20 heavy (non-hydrogen) atoms. The summed E-state index contributed by atoms with van der Waals surface area (Å²) in [5.74, 6) is -0.353. The smallest absolute Gasteiger partial charge is 0.341 e. The van der Waals surface area contributed by atoms with Gasteiger partial charge in [-0.05, 0) is 19.1 Å². The van der Waals surface area contributed by atoms with E-state index in [4.69, 9.17) is 10.5 Å². The van der Waals surface area contributed by atoms with Gasteiger partial charge in [-0.1, -0.05) is 49.7 Å². The minimum Gasteiger partial charge on any atom is -0.462 e. The van der Waals surface area contributed by atoms with Crippen molar-refractivity contribution in [3.63, 3.8) is 0 Å². The van der Waals surface area contributed by atoms with E-state index in [2.05, 4.69) is 15.9 Å². The van der Waals surface area contributed by atoms with Gasteiger partial charge in [0.2, 0.25) is 0 Å². The summed E-state index contributed by atoms with van der Waals surface area (Å²) in [6.45, 7) is 10.1. The molecule has 0 atom stereocenters. The molecular formula is C15H22BrNO2S. The first-order chi connectivity index (χ1) is 9.63. The summed E-state index contributed by atoms with van der Waals surface area (Å²) < 4.78 is 6.93. The van der Waals surface area contributed by atoms with Crippen molar-refractivity contribution in [3.05, 3.63) is 28.2 Å². The fourth-order valence-electron chi connectivity index (χ4n) is 1.50. The second-order valence-electron chi connectivity index (χ2n) is 3.20. The lowest BCUT2D eigenvalue weighted by molar-refractivity contribution is 0.0530. The third-order valence-electron chi connectivity index (χ3n) is 2.16. The quantitative estimate of drug-likeness (QED) is 0.722. The van der Waals surface area contributed by atoms with E-state index in [-0.39, 0.29) is 5.97 Å². The minimum atomic E-state index is -0.353. The van der Waals surface area contributed by atoms with E-state index in [9.17, 15) is 4.79 Å². The summed E-state index contributed by atoms with van der Waals surface area (Å²) in [5.41, 5.74) is 6.32. The summed E-state index contributed by atoms with van der Waals surface area (Å²) in [5, 5.41) is 1.36. The molecule has 0 bridgehead atoms. The Bertz CT molecular complexity index is 552. The lowest BCUT2D eigenvalue weighted by Crippen LogP contribution is -2.05. The van der Waals surface area contributed by atoms with E-state index in [1.54, 1.807) is 6.92 Å². The summed E-state index contributed by atoms with van der Waals surface area (Å²) in [7, 11) is 0. The van der Waals surface area contributed by atoms with Crippen molar-refractivity contribution >= 4 is 48.3 Å². The van der Waals surface area contributed by atoms with Crippen LogP contribution in [0.1, 0.15) is 45.0 Å². The van der Waals surface area contributed by atoms with Crippen molar-refractivity contribution in [2.24, 2.45) is 0 Å². The first-order valence-electron chi connectivity index (χ1n) is 6.78. The molecular weight excluding hydrogens is 338 g/mol. The molecule has 1 aromatic heterocycles. The number of rotatable bonds is 2. The second kappa shape index (κ2) is 9.77. The average molecular weight is 360 g/mol. The topological polar surface area (TPSA) is 52.3 Å². The van der Waals surface area contributed by atoms with Crippen LogP contribution in [0.4, 0.5) is 5.00 Å². The highest BCUT2D eigenvalue weighted by atomic mass is 79.9. The van der Waals surface area contributed by atoms with Gasteiger partial charge in [0.05, 0.1) is 6.61 Å². The Balaban J connectivity index is 0.000000829. The Morgan fingerprint density at radius 3 is 2.45 bits per heavy atom. The molecule has 3 nitrogen and oxygen atoms in total. The average Bonchev–Trinajstić information content (AvgIpc) is 2.78. The van der Waals surface area contributed by atoms with Crippen LogP contribution < -0.4 is 5.73 Å². The van der Waals surface area contributed by atoms with E-state index in [0.29, 0.717) is 17.2 Å². The molecule has 0 radical (unpaired) electrons. The van der Waals surface area contributed by atoms with E-state index in [1.165, 1.54) is 11.3 Å². The van der Waals surface area contributed by atoms with Gasteiger partial charge in [0.1, 0.15) is 10.6 Å². The predicted molar refractivity (Wildman–Crippen MR) is 92.6 cm³/mol. The normalized spacial score (nSPS) is 9.10. The van der Waals surface area contributed by atoms with Gasteiger partial charge in [0, 0.05) is 14.6 Å². The number of nitrogens with two attached hydrogens (primary N) is 1. The van der Waals surface area contributed by atoms with Crippen LogP contribution in [0.15, 0.2) is 22.7 Å². The van der Waals surface area contributed by atoms with Crippen LogP contribution in [-0.4, -0.2) is 12.6 Å². The van der Waals surface area contributed by atoms with Crippen molar-refractivity contribution in [1.29, 1.82) is 0 Å². The summed E-state index contributed by atoms with van der Waals surface area (Å²) in [4.78, 5) is 11.7. The fourth-order valence-corrected chi connectivity index (χ4v) is 3.01. The van der Waals surface area contributed by atoms with E-state index < -0.39 is 0 Å². The SMILES string of the molecule is CC.CC.CCOC(=O)c1c(N)sc2cc(Br)ccc12. The van der Waals surface area contributed by atoms with Crippen LogP contribution in [-0.2, 0) is 4.74 Å². The number of thiophene rings is 1. The highest BCUT2D eigenvalue weighted by Gasteiger charge is 2.18. The maximum absolute atomic E-state index is 11.7. The molecule has 5 heteroatoms. The molecule has 0 aliphatic carbocycles. The number of nitrogen functional groups attached to an aromatic ring is 1. The number of esters is 1. The highest BCUT2D eigenvalue weighted by Crippen LogP contribution is 2.35. The molecule has 0 amide bonds. The van der Waals surface area contributed by atoms with Crippen LogP contribution >= 0.6 is 27.3 Å². The monoisotopic (exact) mass is 359 g/mol. The Hall–Kier alpha value is -1.07. The van der Waals surface area contributed by atoms with Crippen LogP contribution in [0.3, 0.4) is 0 Å². The number of fused-ring (bicyclic) bond motifs is 1. The third kappa shape index (κ3) is 4.49. The first kappa shape index (κ1) is 18.9. The van der Waals surface area contributed by atoms with Gasteiger partial charge in [-0.3, -0.25) is 0 Å². The highest BCUT2D eigenvalue weighted by molar-refractivity contribution is 9.10.